The second-order valence-electron chi connectivity index (χ2n) is 11.9. The van der Waals surface area contributed by atoms with E-state index in [1.807, 2.05) is 0 Å². The monoisotopic (exact) mass is 384 g/mol. The van der Waals surface area contributed by atoms with Gasteiger partial charge >= 0.3 is 0 Å². The summed E-state index contributed by atoms with van der Waals surface area (Å²) in [5.41, 5.74) is 2.07. The van der Waals surface area contributed by atoms with Gasteiger partial charge in [0.15, 0.2) is 0 Å². The average Bonchev–Trinajstić information content (AvgIpc) is 3.29. The summed E-state index contributed by atoms with van der Waals surface area (Å²) in [7, 11) is 0. The summed E-state index contributed by atoms with van der Waals surface area (Å²) >= 11 is 0. The molecular weight excluding hydrogens is 340 g/mol. The van der Waals surface area contributed by atoms with E-state index in [0.717, 1.165) is 48.9 Å². The molecule has 8 unspecified atom stereocenters. The van der Waals surface area contributed by atoms with Crippen LogP contribution in [-0.4, -0.2) is 5.78 Å². The Kier molecular flexibility index (Phi) is 5.85. The van der Waals surface area contributed by atoms with Crippen molar-refractivity contribution in [3.05, 3.63) is 12.2 Å². The van der Waals surface area contributed by atoms with Crippen molar-refractivity contribution in [3.63, 3.8) is 0 Å². The maximum absolute atomic E-state index is 12.5. The van der Waals surface area contributed by atoms with Crippen LogP contribution >= 0.6 is 0 Å². The van der Waals surface area contributed by atoms with Crippen LogP contribution < -0.4 is 0 Å². The lowest BCUT2D eigenvalue weighted by atomic mass is 9.54. The second kappa shape index (κ2) is 7.92. The number of allylic oxidation sites excluding steroid dienone is 1. The highest BCUT2D eigenvalue weighted by Gasteiger charge is 2.56. The number of fused-ring (bicyclic) bond motifs is 4. The van der Waals surface area contributed by atoms with Gasteiger partial charge in [0.1, 0.15) is 5.78 Å². The Hall–Kier alpha value is -0.590. The minimum Gasteiger partial charge on any atom is -0.300 e. The van der Waals surface area contributed by atoms with Gasteiger partial charge < -0.3 is 0 Å². The van der Waals surface area contributed by atoms with E-state index in [0.29, 0.717) is 29.0 Å². The number of carbonyl (C=O) groups is 1. The molecule has 0 aromatic carbocycles. The quantitative estimate of drug-likeness (QED) is 0.450. The van der Waals surface area contributed by atoms with Crippen LogP contribution in [0, 0.1) is 52.8 Å². The van der Waals surface area contributed by atoms with Crippen LogP contribution in [0.3, 0.4) is 0 Å². The van der Waals surface area contributed by atoms with Crippen molar-refractivity contribution in [1.82, 2.24) is 0 Å². The summed E-state index contributed by atoms with van der Waals surface area (Å²) in [6, 6.07) is 0. The van der Waals surface area contributed by atoms with Gasteiger partial charge in [0.2, 0.25) is 0 Å². The first kappa shape index (κ1) is 20.7. The second-order valence-corrected chi connectivity index (χ2v) is 11.9. The molecule has 4 aliphatic carbocycles. The van der Waals surface area contributed by atoms with Crippen molar-refractivity contribution in [2.75, 3.05) is 0 Å². The predicted octanol–water partition coefficient (Wildman–Crippen LogP) is 7.45. The molecule has 0 saturated heterocycles. The number of carbonyl (C=O) groups excluding carboxylic acids is 1. The minimum absolute atomic E-state index is 0.513. The molecule has 0 bridgehead atoms. The van der Waals surface area contributed by atoms with E-state index in [1.165, 1.54) is 51.4 Å². The van der Waals surface area contributed by atoms with Gasteiger partial charge in [0, 0.05) is 12.8 Å². The molecule has 158 valence electrons. The van der Waals surface area contributed by atoms with Crippen LogP contribution in [0.5, 0.6) is 0 Å². The highest BCUT2D eigenvalue weighted by molar-refractivity contribution is 5.79. The van der Waals surface area contributed by atoms with Crippen molar-refractivity contribution in [2.24, 2.45) is 52.8 Å². The number of rotatable bonds is 5. The van der Waals surface area contributed by atoms with Gasteiger partial charge in [-0.15, -0.1) is 0 Å². The zero-order valence-electron chi connectivity index (χ0n) is 19.0. The Morgan fingerprint density at radius 1 is 1.07 bits per heavy atom. The normalized spacial score (nSPS) is 44.2. The maximum Gasteiger partial charge on any atom is 0.133 e. The Labute approximate surface area is 174 Å². The molecule has 0 heterocycles. The number of hydrogen-bond acceptors (Lipinski definition) is 1. The first-order chi connectivity index (χ1) is 13.3. The molecule has 4 saturated carbocycles. The van der Waals surface area contributed by atoms with Crippen LogP contribution in [0.2, 0.25) is 0 Å². The molecule has 0 radical (unpaired) electrons. The summed E-state index contributed by atoms with van der Waals surface area (Å²) in [5, 5.41) is 0. The molecular formula is C27H44O. The SMILES string of the molecule is C=C1C2CC2CC(=O)CCC2C1CCC1(C)C(C(C)CCCC(C)C)CCC21. The number of Topliss-reactive ketones (excluding diaryl/α,β-unsaturated/α-hetero) is 1. The van der Waals surface area contributed by atoms with Gasteiger partial charge in [0.05, 0.1) is 0 Å². The molecule has 4 fully saturated rings. The minimum atomic E-state index is 0.513. The van der Waals surface area contributed by atoms with Crippen molar-refractivity contribution in [2.45, 2.75) is 98.3 Å². The Morgan fingerprint density at radius 3 is 2.61 bits per heavy atom. The summed E-state index contributed by atoms with van der Waals surface area (Å²) < 4.78 is 0. The Balaban J connectivity index is 1.49. The van der Waals surface area contributed by atoms with Gasteiger partial charge in [-0.1, -0.05) is 59.1 Å². The lowest BCUT2D eigenvalue weighted by molar-refractivity contribution is -0.120. The third kappa shape index (κ3) is 3.77. The zero-order chi connectivity index (χ0) is 20.1. The maximum atomic E-state index is 12.5. The fourth-order valence-corrected chi connectivity index (χ4v) is 8.10. The Morgan fingerprint density at radius 2 is 1.86 bits per heavy atom. The van der Waals surface area contributed by atoms with Crippen LogP contribution in [0.4, 0.5) is 0 Å². The third-order valence-corrected chi connectivity index (χ3v) is 9.76. The molecule has 28 heavy (non-hydrogen) atoms. The standard InChI is InChI=1S/C27H44O/c1-17(2)7-6-8-18(3)25-11-12-26-23-10-9-21(28)15-20-16-24(20)19(4)22(23)13-14-27(25,26)5/h17-18,20,22-26H,4,6-16H2,1-3,5H3. The highest BCUT2D eigenvalue weighted by atomic mass is 16.1. The van der Waals surface area contributed by atoms with E-state index < -0.39 is 0 Å². The molecule has 0 N–H and O–H groups in total. The zero-order valence-corrected chi connectivity index (χ0v) is 19.0. The lowest BCUT2D eigenvalue weighted by Gasteiger charge is -2.50. The summed E-state index contributed by atoms with van der Waals surface area (Å²) in [6.45, 7) is 14.5. The van der Waals surface area contributed by atoms with Crippen molar-refractivity contribution in [3.8, 4) is 0 Å². The molecule has 0 aromatic rings. The van der Waals surface area contributed by atoms with Gasteiger partial charge in [0.25, 0.3) is 0 Å². The molecule has 1 heteroatoms. The van der Waals surface area contributed by atoms with Gasteiger partial charge in [-0.2, -0.15) is 0 Å². The van der Waals surface area contributed by atoms with Crippen LogP contribution in [0.15, 0.2) is 12.2 Å². The summed E-state index contributed by atoms with van der Waals surface area (Å²) in [5.74, 6) is 6.78. The number of hydrogen-bond donors (Lipinski definition) is 0. The fourth-order valence-electron chi connectivity index (χ4n) is 8.10. The molecule has 4 aliphatic rings. The molecule has 0 spiro atoms. The van der Waals surface area contributed by atoms with Gasteiger partial charge in [-0.25, -0.2) is 0 Å². The predicted molar refractivity (Wildman–Crippen MR) is 118 cm³/mol. The highest BCUT2D eigenvalue weighted by Crippen LogP contribution is 2.64. The van der Waals surface area contributed by atoms with E-state index in [1.54, 1.807) is 5.57 Å². The lowest BCUT2D eigenvalue weighted by Crippen LogP contribution is -2.43. The molecule has 0 aromatic heterocycles. The molecule has 0 aliphatic heterocycles. The largest absolute Gasteiger partial charge is 0.300 e. The fraction of sp³-hybridized carbons (Fsp3) is 0.889. The molecule has 0 amide bonds. The van der Waals surface area contributed by atoms with E-state index in [-0.39, 0.29) is 0 Å². The van der Waals surface area contributed by atoms with E-state index >= 15 is 0 Å². The molecule has 8 atom stereocenters. The van der Waals surface area contributed by atoms with Gasteiger partial charge in [-0.3, -0.25) is 4.79 Å². The van der Waals surface area contributed by atoms with Crippen molar-refractivity contribution in [1.29, 1.82) is 0 Å². The van der Waals surface area contributed by atoms with E-state index in [2.05, 4.69) is 34.3 Å². The molecule has 1 nitrogen and oxygen atoms in total. The summed E-state index contributed by atoms with van der Waals surface area (Å²) in [6.07, 6.45) is 13.9. The summed E-state index contributed by atoms with van der Waals surface area (Å²) in [4.78, 5) is 12.5. The third-order valence-electron chi connectivity index (χ3n) is 9.76. The van der Waals surface area contributed by atoms with Crippen LogP contribution in [-0.2, 0) is 4.79 Å². The van der Waals surface area contributed by atoms with E-state index in [9.17, 15) is 4.79 Å². The van der Waals surface area contributed by atoms with Gasteiger partial charge in [-0.05, 0) is 91.3 Å². The van der Waals surface area contributed by atoms with E-state index in [4.69, 9.17) is 0 Å². The average molecular weight is 385 g/mol. The van der Waals surface area contributed by atoms with Crippen LogP contribution in [0.1, 0.15) is 98.3 Å². The molecule has 4 rings (SSSR count). The smallest absolute Gasteiger partial charge is 0.133 e. The van der Waals surface area contributed by atoms with Crippen molar-refractivity contribution >= 4 is 5.78 Å². The van der Waals surface area contributed by atoms with Crippen LogP contribution in [0.25, 0.3) is 0 Å². The number of ketones is 1. The topological polar surface area (TPSA) is 17.1 Å². The van der Waals surface area contributed by atoms with Crippen molar-refractivity contribution < 1.29 is 4.79 Å². The first-order valence-electron chi connectivity index (χ1n) is 12.5. The Bertz CT molecular complexity index is 603. The first-order valence-corrected chi connectivity index (χ1v) is 12.5.